The number of nitrogens with one attached hydrogen (secondary N) is 1. The smallest absolute Gasteiger partial charge is 0.305 e. The minimum Gasteiger partial charge on any atom is -0.481 e. The molecule has 1 heterocycles. The average Bonchev–Trinajstić information content (AvgIpc) is 2.65. The first kappa shape index (κ1) is 12.5. The van der Waals surface area contributed by atoms with Gasteiger partial charge in [-0.15, -0.1) is 0 Å². The molecule has 0 bridgehead atoms. The third-order valence-electron chi connectivity index (χ3n) is 2.63. The second-order valence-corrected chi connectivity index (χ2v) is 5.10. The summed E-state index contributed by atoms with van der Waals surface area (Å²) in [6.45, 7) is 1.58. The molecule has 6 heteroatoms. The standard InChI is InChI=1S/C12H11NO4S/c1-6(4-10(14)15)11(16)7-2-3-9-8(5-7)13-12(17)18-9/h2-3,5-6H,4H2,1H3,(H,13,17)(H,14,15). The first-order valence-corrected chi connectivity index (χ1v) is 6.18. The van der Waals surface area contributed by atoms with Crippen LogP contribution in [0.5, 0.6) is 0 Å². The van der Waals surface area contributed by atoms with Gasteiger partial charge in [0, 0.05) is 11.5 Å². The Morgan fingerprint density at radius 2 is 2.17 bits per heavy atom. The van der Waals surface area contributed by atoms with Crippen molar-refractivity contribution in [2.24, 2.45) is 5.92 Å². The molecule has 5 nitrogen and oxygen atoms in total. The summed E-state index contributed by atoms with van der Waals surface area (Å²) in [5.41, 5.74) is 1.03. The van der Waals surface area contributed by atoms with Gasteiger partial charge in [-0.1, -0.05) is 18.3 Å². The number of rotatable bonds is 4. The van der Waals surface area contributed by atoms with Gasteiger partial charge < -0.3 is 10.1 Å². The van der Waals surface area contributed by atoms with E-state index in [1.165, 1.54) is 0 Å². The van der Waals surface area contributed by atoms with Crippen LogP contribution in [0, 0.1) is 5.92 Å². The molecule has 94 valence electrons. The highest BCUT2D eigenvalue weighted by Crippen LogP contribution is 2.19. The summed E-state index contributed by atoms with van der Waals surface area (Å²) in [6, 6.07) is 4.90. The van der Waals surface area contributed by atoms with Crippen molar-refractivity contribution in [2.45, 2.75) is 13.3 Å². The summed E-state index contributed by atoms with van der Waals surface area (Å²) >= 11 is 1.08. The zero-order chi connectivity index (χ0) is 13.3. The lowest BCUT2D eigenvalue weighted by Gasteiger charge is -2.07. The van der Waals surface area contributed by atoms with Crippen molar-refractivity contribution >= 4 is 33.3 Å². The number of aromatic amines is 1. The summed E-state index contributed by atoms with van der Waals surface area (Å²) in [5.74, 6) is -1.81. The average molecular weight is 265 g/mol. The zero-order valence-corrected chi connectivity index (χ0v) is 10.4. The van der Waals surface area contributed by atoms with Crippen LogP contribution in [-0.2, 0) is 4.79 Å². The maximum Gasteiger partial charge on any atom is 0.305 e. The van der Waals surface area contributed by atoms with Crippen molar-refractivity contribution in [3.8, 4) is 0 Å². The summed E-state index contributed by atoms with van der Waals surface area (Å²) < 4.78 is 0.780. The Balaban J connectivity index is 2.32. The summed E-state index contributed by atoms with van der Waals surface area (Å²) in [7, 11) is 0. The highest BCUT2D eigenvalue weighted by Gasteiger charge is 2.18. The lowest BCUT2D eigenvalue weighted by atomic mass is 9.96. The fraction of sp³-hybridized carbons (Fsp3) is 0.250. The van der Waals surface area contributed by atoms with Gasteiger partial charge in [0.15, 0.2) is 5.78 Å². The Morgan fingerprint density at radius 3 is 2.83 bits per heavy atom. The number of aliphatic carboxylic acids is 1. The summed E-state index contributed by atoms with van der Waals surface area (Å²) in [5, 5.41) is 8.66. The number of benzene rings is 1. The molecule has 18 heavy (non-hydrogen) atoms. The Morgan fingerprint density at radius 1 is 1.44 bits per heavy atom. The van der Waals surface area contributed by atoms with Crippen LogP contribution in [0.4, 0.5) is 0 Å². The molecule has 2 rings (SSSR count). The van der Waals surface area contributed by atoms with E-state index in [9.17, 15) is 14.4 Å². The van der Waals surface area contributed by atoms with Gasteiger partial charge in [0.1, 0.15) is 0 Å². The summed E-state index contributed by atoms with van der Waals surface area (Å²) in [4.78, 5) is 36.1. The van der Waals surface area contributed by atoms with E-state index in [-0.39, 0.29) is 17.1 Å². The zero-order valence-electron chi connectivity index (χ0n) is 9.60. The summed E-state index contributed by atoms with van der Waals surface area (Å²) in [6.07, 6.45) is -0.197. The van der Waals surface area contributed by atoms with Crippen LogP contribution in [0.1, 0.15) is 23.7 Å². The van der Waals surface area contributed by atoms with E-state index < -0.39 is 11.9 Å². The van der Waals surface area contributed by atoms with Crippen LogP contribution in [0.2, 0.25) is 0 Å². The van der Waals surface area contributed by atoms with Crippen LogP contribution < -0.4 is 4.87 Å². The number of H-pyrrole nitrogens is 1. The number of thiazole rings is 1. The normalized spacial score (nSPS) is 12.5. The Bertz CT molecular complexity index is 670. The van der Waals surface area contributed by atoms with Gasteiger partial charge in [0.2, 0.25) is 0 Å². The topological polar surface area (TPSA) is 87.2 Å². The molecule has 0 saturated heterocycles. The maximum atomic E-state index is 12.0. The molecule has 1 aromatic carbocycles. The third kappa shape index (κ3) is 2.48. The highest BCUT2D eigenvalue weighted by molar-refractivity contribution is 7.16. The van der Waals surface area contributed by atoms with E-state index in [1.807, 2.05) is 0 Å². The van der Waals surface area contributed by atoms with Crippen molar-refractivity contribution in [1.29, 1.82) is 0 Å². The molecule has 0 amide bonds. The van der Waals surface area contributed by atoms with Gasteiger partial charge in [0.25, 0.3) is 0 Å². The van der Waals surface area contributed by atoms with Crippen LogP contribution in [0.25, 0.3) is 10.2 Å². The number of fused-ring (bicyclic) bond motifs is 1. The van der Waals surface area contributed by atoms with Crippen LogP contribution in [-0.4, -0.2) is 21.8 Å². The fourth-order valence-corrected chi connectivity index (χ4v) is 2.46. The minimum absolute atomic E-state index is 0.173. The second kappa shape index (κ2) is 4.73. The number of hydrogen-bond acceptors (Lipinski definition) is 4. The first-order chi connectivity index (χ1) is 8.47. The van der Waals surface area contributed by atoms with E-state index in [2.05, 4.69) is 4.98 Å². The number of carbonyl (C=O) groups excluding carboxylic acids is 1. The predicted molar refractivity (Wildman–Crippen MR) is 68.2 cm³/mol. The van der Waals surface area contributed by atoms with Gasteiger partial charge in [0.05, 0.1) is 16.6 Å². The Kier molecular flexibility index (Phi) is 3.29. The Labute approximate surface area is 106 Å². The van der Waals surface area contributed by atoms with Gasteiger partial charge in [-0.2, -0.15) is 0 Å². The van der Waals surface area contributed by atoms with E-state index >= 15 is 0 Å². The van der Waals surface area contributed by atoms with Crippen molar-refractivity contribution in [1.82, 2.24) is 4.98 Å². The molecule has 2 aromatic rings. The van der Waals surface area contributed by atoms with Crippen molar-refractivity contribution in [3.63, 3.8) is 0 Å². The van der Waals surface area contributed by atoms with E-state index in [0.717, 1.165) is 16.0 Å². The Hall–Kier alpha value is -1.95. The highest BCUT2D eigenvalue weighted by atomic mass is 32.1. The molecular weight excluding hydrogens is 254 g/mol. The van der Waals surface area contributed by atoms with E-state index in [0.29, 0.717) is 11.1 Å². The molecule has 0 aliphatic carbocycles. The molecular formula is C12H11NO4S. The largest absolute Gasteiger partial charge is 0.481 e. The monoisotopic (exact) mass is 265 g/mol. The molecule has 0 fully saturated rings. The number of carboxylic acid groups (broad SMARTS) is 1. The SMILES string of the molecule is CC(CC(=O)O)C(=O)c1ccc2sc(=O)[nH]c2c1. The van der Waals surface area contributed by atoms with E-state index in [4.69, 9.17) is 5.11 Å². The molecule has 0 radical (unpaired) electrons. The van der Waals surface area contributed by atoms with Gasteiger partial charge in [-0.25, -0.2) is 0 Å². The fourth-order valence-electron chi connectivity index (χ4n) is 1.74. The maximum absolute atomic E-state index is 12.0. The van der Waals surface area contributed by atoms with E-state index in [1.54, 1.807) is 25.1 Å². The minimum atomic E-state index is -0.999. The molecule has 0 aliphatic rings. The van der Waals surface area contributed by atoms with Gasteiger partial charge >= 0.3 is 10.8 Å². The number of hydrogen-bond donors (Lipinski definition) is 2. The predicted octanol–water partition coefficient (Wildman–Crippen LogP) is 1.88. The van der Waals surface area contributed by atoms with Crippen LogP contribution >= 0.6 is 11.3 Å². The van der Waals surface area contributed by atoms with Crippen molar-refractivity contribution in [2.75, 3.05) is 0 Å². The lowest BCUT2D eigenvalue weighted by molar-refractivity contribution is -0.137. The molecule has 1 unspecified atom stereocenters. The van der Waals surface area contributed by atoms with Gasteiger partial charge in [-0.3, -0.25) is 14.4 Å². The first-order valence-electron chi connectivity index (χ1n) is 5.36. The van der Waals surface area contributed by atoms with Crippen LogP contribution in [0.3, 0.4) is 0 Å². The van der Waals surface area contributed by atoms with Crippen molar-refractivity contribution in [3.05, 3.63) is 33.4 Å². The molecule has 1 atom stereocenters. The third-order valence-corrected chi connectivity index (χ3v) is 3.50. The molecule has 2 N–H and O–H groups in total. The molecule has 0 saturated carbocycles. The lowest BCUT2D eigenvalue weighted by Crippen LogP contribution is -2.15. The number of carboxylic acids is 1. The molecule has 0 aliphatic heterocycles. The second-order valence-electron chi connectivity index (χ2n) is 4.09. The van der Waals surface area contributed by atoms with Gasteiger partial charge in [-0.05, 0) is 18.2 Å². The number of carbonyl (C=O) groups is 2. The van der Waals surface area contributed by atoms with Crippen molar-refractivity contribution < 1.29 is 14.7 Å². The number of Topliss-reactive ketones (excluding diaryl/α,β-unsaturated/α-hetero) is 1. The number of ketones is 1. The quantitative estimate of drug-likeness (QED) is 0.826. The number of aromatic nitrogens is 1. The molecule has 1 aromatic heterocycles. The molecule has 0 spiro atoms. The van der Waals surface area contributed by atoms with Crippen LogP contribution in [0.15, 0.2) is 23.0 Å².